The summed E-state index contributed by atoms with van der Waals surface area (Å²) in [5.41, 5.74) is 1.78. The van der Waals surface area contributed by atoms with E-state index in [0.717, 1.165) is 23.9 Å². The maximum atomic E-state index is 13.2. The van der Waals surface area contributed by atoms with Gasteiger partial charge in [-0.2, -0.15) is 0 Å². The van der Waals surface area contributed by atoms with E-state index >= 15 is 0 Å². The van der Waals surface area contributed by atoms with Crippen molar-refractivity contribution in [3.8, 4) is 0 Å². The zero-order chi connectivity index (χ0) is 24.8. The molecule has 7 nitrogen and oxygen atoms in total. The van der Waals surface area contributed by atoms with Gasteiger partial charge in [-0.25, -0.2) is 0 Å². The van der Waals surface area contributed by atoms with Crippen LogP contribution in [0.25, 0.3) is 11.0 Å². The lowest BCUT2D eigenvalue weighted by Gasteiger charge is -2.23. The lowest BCUT2D eigenvalue weighted by atomic mass is 10.0. The molecule has 2 heterocycles. The van der Waals surface area contributed by atoms with E-state index in [-0.39, 0.29) is 23.4 Å². The van der Waals surface area contributed by atoms with Gasteiger partial charge >= 0.3 is 0 Å². The summed E-state index contributed by atoms with van der Waals surface area (Å²) in [5.74, 6) is -0.442. The predicted molar refractivity (Wildman–Crippen MR) is 135 cm³/mol. The van der Waals surface area contributed by atoms with Crippen LogP contribution < -0.4 is 10.6 Å². The molecular formula is C28H33N3O4. The van der Waals surface area contributed by atoms with E-state index in [4.69, 9.17) is 4.42 Å². The topological polar surface area (TPSA) is 91.7 Å². The van der Waals surface area contributed by atoms with Gasteiger partial charge in [0.1, 0.15) is 11.6 Å². The first-order valence-electron chi connectivity index (χ1n) is 12.3. The van der Waals surface area contributed by atoms with E-state index in [9.17, 15) is 14.4 Å². The Balaban J connectivity index is 1.39. The molecule has 35 heavy (non-hydrogen) atoms. The number of amides is 2. The van der Waals surface area contributed by atoms with Crippen LogP contribution in [0, 0.1) is 5.92 Å². The fourth-order valence-electron chi connectivity index (χ4n) is 4.52. The number of benzene rings is 2. The Labute approximate surface area is 205 Å². The molecular weight excluding hydrogens is 442 g/mol. The van der Waals surface area contributed by atoms with Crippen molar-refractivity contribution in [1.29, 1.82) is 0 Å². The Hall–Kier alpha value is -3.45. The van der Waals surface area contributed by atoms with Crippen LogP contribution in [0.15, 0.2) is 65.1 Å². The number of nitrogens with one attached hydrogen (secondary N) is 2. The van der Waals surface area contributed by atoms with Crippen LogP contribution in [0.2, 0.25) is 0 Å². The van der Waals surface area contributed by atoms with Gasteiger partial charge in [-0.1, -0.05) is 62.4 Å². The molecule has 0 spiro atoms. The molecule has 2 N–H and O–H groups in total. The number of nitrogens with zero attached hydrogens (tertiary/aromatic N) is 1. The number of hydrogen-bond donors (Lipinski definition) is 2. The molecule has 2 amide bonds. The third-order valence-electron chi connectivity index (χ3n) is 6.28. The molecule has 0 bridgehead atoms. The second-order valence-electron chi connectivity index (χ2n) is 9.67. The lowest BCUT2D eigenvalue weighted by molar-refractivity contribution is -0.129. The van der Waals surface area contributed by atoms with Crippen LogP contribution in [0.4, 0.5) is 0 Å². The summed E-state index contributed by atoms with van der Waals surface area (Å²) in [5, 5.41) is 6.57. The van der Waals surface area contributed by atoms with Crippen LogP contribution in [-0.4, -0.2) is 47.7 Å². The van der Waals surface area contributed by atoms with E-state index < -0.39 is 18.0 Å². The highest BCUT2D eigenvalue weighted by molar-refractivity contribution is 5.99. The summed E-state index contributed by atoms with van der Waals surface area (Å²) in [6, 6.07) is 17.8. The van der Waals surface area contributed by atoms with E-state index in [0.29, 0.717) is 31.5 Å². The summed E-state index contributed by atoms with van der Waals surface area (Å²) in [7, 11) is 0. The SMILES string of the molecule is CC(C)CC(NC(=O)c1cc2ccccc2o1)C(=O)N[C@H]1CCCN(Cc2ccccc2)CC1=O. The number of fused-ring (bicyclic) bond motifs is 1. The second-order valence-corrected chi connectivity index (χ2v) is 9.67. The largest absolute Gasteiger partial charge is 0.451 e. The van der Waals surface area contributed by atoms with Gasteiger partial charge in [0.2, 0.25) is 5.91 Å². The fraction of sp³-hybridized carbons (Fsp3) is 0.393. The molecule has 7 heteroatoms. The number of carbonyl (C=O) groups is 3. The van der Waals surface area contributed by atoms with Gasteiger partial charge in [-0.3, -0.25) is 19.3 Å². The maximum Gasteiger partial charge on any atom is 0.287 e. The number of ketones is 1. The number of hydrogen-bond acceptors (Lipinski definition) is 5. The van der Waals surface area contributed by atoms with Crippen molar-refractivity contribution in [3.05, 3.63) is 72.0 Å². The monoisotopic (exact) mass is 475 g/mol. The molecule has 1 aliphatic rings. The van der Waals surface area contributed by atoms with E-state index in [1.807, 2.05) is 50.2 Å². The first kappa shape index (κ1) is 24.7. The van der Waals surface area contributed by atoms with Gasteiger partial charge in [0.15, 0.2) is 11.5 Å². The highest BCUT2D eigenvalue weighted by Gasteiger charge is 2.30. The number of likely N-dealkylation sites (tertiary alicyclic amines) is 1. The molecule has 0 radical (unpaired) electrons. The van der Waals surface area contributed by atoms with Gasteiger partial charge in [0, 0.05) is 11.9 Å². The van der Waals surface area contributed by atoms with Crippen molar-refractivity contribution < 1.29 is 18.8 Å². The predicted octanol–water partition coefficient (Wildman–Crippen LogP) is 3.93. The zero-order valence-corrected chi connectivity index (χ0v) is 20.3. The van der Waals surface area contributed by atoms with Crippen molar-refractivity contribution in [3.63, 3.8) is 0 Å². The molecule has 4 rings (SSSR count). The van der Waals surface area contributed by atoms with E-state index in [2.05, 4.69) is 27.7 Å². The van der Waals surface area contributed by atoms with Crippen LogP contribution >= 0.6 is 0 Å². The Morgan fingerprint density at radius 2 is 1.83 bits per heavy atom. The van der Waals surface area contributed by atoms with Gasteiger partial charge < -0.3 is 15.1 Å². The molecule has 0 aliphatic carbocycles. The lowest BCUT2D eigenvalue weighted by Crippen LogP contribution is -2.52. The minimum atomic E-state index is -0.757. The normalized spacial score (nSPS) is 17.8. The first-order valence-corrected chi connectivity index (χ1v) is 12.3. The molecule has 2 aromatic carbocycles. The number of Topliss-reactive ketones (excluding diaryl/α,β-unsaturated/α-hetero) is 1. The second kappa shape index (κ2) is 11.3. The first-order chi connectivity index (χ1) is 16.9. The van der Waals surface area contributed by atoms with Gasteiger partial charge in [0.25, 0.3) is 5.91 Å². The molecule has 2 atom stereocenters. The van der Waals surface area contributed by atoms with Crippen molar-refractivity contribution in [2.24, 2.45) is 5.92 Å². The van der Waals surface area contributed by atoms with Crippen LogP contribution in [0.1, 0.15) is 49.2 Å². The number of carbonyl (C=O) groups excluding carboxylic acids is 3. The molecule has 3 aromatic rings. The average Bonchev–Trinajstić information content (AvgIpc) is 3.20. The van der Waals surface area contributed by atoms with Crippen LogP contribution in [0.5, 0.6) is 0 Å². The molecule has 1 aliphatic heterocycles. The molecule has 0 saturated carbocycles. The molecule has 184 valence electrons. The highest BCUT2D eigenvalue weighted by atomic mass is 16.3. The standard InChI is InChI=1S/C28H33N3O4/c1-19(2)15-23(30-28(34)26-16-21-11-6-7-13-25(21)35-26)27(33)29-22-12-8-14-31(18-24(22)32)17-20-9-4-3-5-10-20/h3-7,9-11,13,16,19,22-23H,8,12,14-15,17-18H2,1-2H3,(H,29,33)(H,30,34)/t22-,23?/m0/s1. The van der Waals surface area contributed by atoms with Gasteiger partial charge in [-0.15, -0.1) is 0 Å². The minimum absolute atomic E-state index is 0.00121. The van der Waals surface area contributed by atoms with Crippen molar-refractivity contribution in [1.82, 2.24) is 15.5 Å². The zero-order valence-electron chi connectivity index (χ0n) is 20.3. The fourth-order valence-corrected chi connectivity index (χ4v) is 4.52. The average molecular weight is 476 g/mol. The summed E-state index contributed by atoms with van der Waals surface area (Å²) in [4.78, 5) is 41.2. The quantitative estimate of drug-likeness (QED) is 0.515. The maximum absolute atomic E-state index is 13.2. The summed E-state index contributed by atoms with van der Waals surface area (Å²) in [6.07, 6.45) is 1.85. The highest BCUT2D eigenvalue weighted by Crippen LogP contribution is 2.19. The molecule has 1 unspecified atom stereocenters. The third-order valence-corrected chi connectivity index (χ3v) is 6.28. The number of furan rings is 1. The van der Waals surface area contributed by atoms with Crippen molar-refractivity contribution in [2.45, 2.75) is 51.7 Å². The smallest absolute Gasteiger partial charge is 0.287 e. The van der Waals surface area contributed by atoms with E-state index in [1.54, 1.807) is 12.1 Å². The van der Waals surface area contributed by atoms with Gasteiger partial charge in [0.05, 0.1) is 12.6 Å². The summed E-state index contributed by atoms with van der Waals surface area (Å²) in [6.45, 7) is 5.78. The number of para-hydroxylation sites is 1. The summed E-state index contributed by atoms with van der Waals surface area (Å²) >= 11 is 0. The Morgan fingerprint density at radius 1 is 1.09 bits per heavy atom. The third kappa shape index (κ3) is 6.57. The Kier molecular flexibility index (Phi) is 7.98. The van der Waals surface area contributed by atoms with Gasteiger partial charge in [-0.05, 0) is 49.4 Å². The summed E-state index contributed by atoms with van der Waals surface area (Å²) < 4.78 is 5.66. The van der Waals surface area contributed by atoms with Crippen molar-refractivity contribution >= 4 is 28.6 Å². The number of rotatable bonds is 8. The van der Waals surface area contributed by atoms with Crippen LogP contribution in [0.3, 0.4) is 0 Å². The molecule has 1 aromatic heterocycles. The van der Waals surface area contributed by atoms with Crippen LogP contribution in [-0.2, 0) is 16.1 Å². The van der Waals surface area contributed by atoms with Crippen molar-refractivity contribution in [2.75, 3.05) is 13.1 Å². The Bertz CT molecular complexity index is 1140. The molecule has 1 saturated heterocycles. The molecule has 1 fully saturated rings. The van der Waals surface area contributed by atoms with E-state index in [1.165, 1.54) is 0 Å². The minimum Gasteiger partial charge on any atom is -0.451 e. The Morgan fingerprint density at radius 3 is 2.57 bits per heavy atom.